The highest BCUT2D eigenvalue weighted by molar-refractivity contribution is 7.18. The molecule has 1 atom stereocenters. The van der Waals surface area contributed by atoms with E-state index >= 15 is 0 Å². The van der Waals surface area contributed by atoms with Crippen molar-refractivity contribution in [2.45, 2.75) is 32.4 Å². The molecule has 1 unspecified atom stereocenters. The Morgan fingerprint density at radius 1 is 1.24 bits per heavy atom. The van der Waals surface area contributed by atoms with Crippen LogP contribution in [0.5, 0.6) is 0 Å². The second-order valence-electron chi connectivity index (χ2n) is 7.04. The zero-order valence-corrected chi connectivity index (χ0v) is 18.3. The quantitative estimate of drug-likeness (QED) is 0.458. The standard InChI is InChI=1S/C21H19N3O2S3/c1-2-15-13-6-9-28-17(13)5-7-24(15)18(25)10-23-12-22-20-19(21(23)26)14(11-29-20)16-4-3-8-27-16/h3-4,6,8-9,11-12,15H,2,5,7,10H2,1H3. The van der Waals surface area contributed by atoms with Gasteiger partial charge in [0.2, 0.25) is 5.91 Å². The van der Waals surface area contributed by atoms with Crippen molar-refractivity contribution in [1.29, 1.82) is 0 Å². The summed E-state index contributed by atoms with van der Waals surface area (Å²) in [5.41, 5.74) is 2.02. The average Bonchev–Trinajstić information content (AvgIpc) is 3.48. The maximum absolute atomic E-state index is 13.2. The van der Waals surface area contributed by atoms with E-state index < -0.39 is 0 Å². The molecule has 0 bridgehead atoms. The molecule has 0 fully saturated rings. The van der Waals surface area contributed by atoms with Crippen molar-refractivity contribution >= 4 is 50.1 Å². The van der Waals surface area contributed by atoms with Crippen LogP contribution >= 0.6 is 34.0 Å². The molecule has 1 aliphatic rings. The average molecular weight is 442 g/mol. The highest BCUT2D eigenvalue weighted by Crippen LogP contribution is 2.36. The van der Waals surface area contributed by atoms with Gasteiger partial charge < -0.3 is 4.90 Å². The van der Waals surface area contributed by atoms with Crippen LogP contribution in [0.3, 0.4) is 0 Å². The smallest absolute Gasteiger partial charge is 0.263 e. The van der Waals surface area contributed by atoms with Crippen LogP contribution in [0.4, 0.5) is 0 Å². The SMILES string of the molecule is CCC1c2ccsc2CCN1C(=O)Cn1cnc2scc(-c3cccs3)c2c1=O. The number of amides is 1. The van der Waals surface area contributed by atoms with Crippen molar-refractivity contribution in [2.75, 3.05) is 6.54 Å². The Morgan fingerprint density at radius 3 is 2.93 bits per heavy atom. The first-order valence-electron chi connectivity index (χ1n) is 9.53. The van der Waals surface area contributed by atoms with E-state index in [2.05, 4.69) is 23.4 Å². The molecular weight excluding hydrogens is 422 g/mol. The normalized spacial score (nSPS) is 16.3. The molecule has 0 aromatic carbocycles. The zero-order valence-electron chi connectivity index (χ0n) is 15.8. The highest BCUT2D eigenvalue weighted by atomic mass is 32.1. The van der Waals surface area contributed by atoms with E-state index in [1.54, 1.807) is 22.7 Å². The minimum absolute atomic E-state index is 0.0233. The molecule has 8 heteroatoms. The first kappa shape index (κ1) is 18.7. The molecule has 148 valence electrons. The molecule has 1 amide bonds. The lowest BCUT2D eigenvalue weighted by Gasteiger charge is -2.35. The van der Waals surface area contributed by atoms with Crippen molar-refractivity contribution in [3.63, 3.8) is 0 Å². The predicted molar refractivity (Wildman–Crippen MR) is 120 cm³/mol. The first-order valence-corrected chi connectivity index (χ1v) is 12.2. The van der Waals surface area contributed by atoms with E-state index in [1.165, 1.54) is 32.7 Å². The van der Waals surface area contributed by atoms with E-state index in [1.807, 2.05) is 27.8 Å². The Bertz CT molecular complexity index is 1240. The molecule has 0 aliphatic carbocycles. The van der Waals surface area contributed by atoms with Crippen molar-refractivity contribution in [3.05, 3.63) is 61.5 Å². The van der Waals surface area contributed by atoms with Gasteiger partial charge in [-0.1, -0.05) is 13.0 Å². The van der Waals surface area contributed by atoms with Crippen molar-refractivity contribution in [2.24, 2.45) is 0 Å². The Labute approximate surface area is 179 Å². The van der Waals surface area contributed by atoms with Gasteiger partial charge in [0.05, 0.1) is 17.8 Å². The monoisotopic (exact) mass is 441 g/mol. The van der Waals surface area contributed by atoms with Gasteiger partial charge in [-0.15, -0.1) is 34.0 Å². The largest absolute Gasteiger partial charge is 0.334 e. The van der Waals surface area contributed by atoms with Gasteiger partial charge in [0.25, 0.3) is 5.56 Å². The fourth-order valence-electron chi connectivity index (χ4n) is 4.07. The van der Waals surface area contributed by atoms with E-state index in [0.717, 1.165) is 28.1 Å². The molecule has 5 heterocycles. The summed E-state index contributed by atoms with van der Waals surface area (Å²) in [7, 11) is 0. The zero-order chi connectivity index (χ0) is 20.0. The summed E-state index contributed by atoms with van der Waals surface area (Å²) in [6.45, 7) is 2.84. The summed E-state index contributed by atoms with van der Waals surface area (Å²) < 4.78 is 1.46. The summed E-state index contributed by atoms with van der Waals surface area (Å²) in [4.78, 5) is 35.9. The number of aromatic nitrogens is 2. The van der Waals surface area contributed by atoms with Crippen LogP contribution in [0, 0.1) is 0 Å². The topological polar surface area (TPSA) is 55.2 Å². The molecule has 4 aromatic heterocycles. The molecule has 1 aliphatic heterocycles. The lowest BCUT2D eigenvalue weighted by atomic mass is 9.98. The summed E-state index contributed by atoms with van der Waals surface area (Å²) in [5, 5.41) is 6.69. The molecular formula is C21H19N3O2S3. The second-order valence-corrected chi connectivity index (χ2v) is 9.85. The number of thiophene rings is 3. The molecule has 5 rings (SSSR count). The number of hydrogen-bond donors (Lipinski definition) is 0. The minimum atomic E-state index is -0.144. The molecule has 0 spiro atoms. The van der Waals surface area contributed by atoms with Crippen molar-refractivity contribution in [3.8, 4) is 10.4 Å². The maximum atomic E-state index is 13.2. The third kappa shape index (κ3) is 3.15. The molecule has 0 saturated carbocycles. The van der Waals surface area contributed by atoms with Crippen LogP contribution in [-0.4, -0.2) is 26.9 Å². The van der Waals surface area contributed by atoms with Crippen LogP contribution in [-0.2, 0) is 17.8 Å². The van der Waals surface area contributed by atoms with Crippen molar-refractivity contribution in [1.82, 2.24) is 14.5 Å². The van der Waals surface area contributed by atoms with E-state index in [-0.39, 0.29) is 24.1 Å². The summed E-state index contributed by atoms with van der Waals surface area (Å²) in [6, 6.07) is 6.20. The fraction of sp³-hybridized carbons (Fsp3) is 0.286. The molecule has 29 heavy (non-hydrogen) atoms. The van der Waals surface area contributed by atoms with Gasteiger partial charge in [0.15, 0.2) is 0 Å². The van der Waals surface area contributed by atoms with Crippen LogP contribution < -0.4 is 5.56 Å². The van der Waals surface area contributed by atoms with Gasteiger partial charge in [0, 0.05) is 27.2 Å². The molecule has 0 saturated heterocycles. The summed E-state index contributed by atoms with van der Waals surface area (Å²) in [6.07, 6.45) is 3.27. The number of nitrogens with zero attached hydrogens (tertiary/aromatic N) is 3. The lowest BCUT2D eigenvalue weighted by Crippen LogP contribution is -2.42. The maximum Gasteiger partial charge on any atom is 0.263 e. The number of rotatable bonds is 4. The Balaban J connectivity index is 1.48. The second kappa shape index (κ2) is 7.51. The van der Waals surface area contributed by atoms with E-state index in [0.29, 0.717) is 11.9 Å². The molecule has 0 N–H and O–H groups in total. The highest BCUT2D eigenvalue weighted by Gasteiger charge is 2.30. The Morgan fingerprint density at radius 2 is 2.14 bits per heavy atom. The third-order valence-corrected chi connectivity index (χ3v) is 8.24. The number of carbonyl (C=O) groups excluding carboxylic acids is 1. The number of carbonyl (C=O) groups is 1. The number of fused-ring (bicyclic) bond motifs is 2. The van der Waals surface area contributed by atoms with Crippen LogP contribution in [0.15, 0.2) is 45.5 Å². The molecule has 4 aromatic rings. The summed E-state index contributed by atoms with van der Waals surface area (Å²) >= 11 is 4.83. The third-order valence-electron chi connectivity index (χ3n) is 5.45. The predicted octanol–water partition coefficient (Wildman–Crippen LogP) is 4.78. The minimum Gasteiger partial charge on any atom is -0.334 e. The van der Waals surface area contributed by atoms with Gasteiger partial charge in [0.1, 0.15) is 11.4 Å². The fourth-order valence-corrected chi connectivity index (χ4v) is 6.71. The van der Waals surface area contributed by atoms with E-state index in [4.69, 9.17) is 0 Å². The van der Waals surface area contributed by atoms with Crippen molar-refractivity contribution < 1.29 is 4.79 Å². The van der Waals surface area contributed by atoms with Crippen LogP contribution in [0.2, 0.25) is 0 Å². The lowest BCUT2D eigenvalue weighted by molar-refractivity contribution is -0.134. The van der Waals surface area contributed by atoms with Crippen LogP contribution in [0.1, 0.15) is 29.8 Å². The number of hydrogen-bond acceptors (Lipinski definition) is 6. The van der Waals surface area contributed by atoms with Gasteiger partial charge in [-0.05, 0) is 41.3 Å². The molecule has 5 nitrogen and oxygen atoms in total. The van der Waals surface area contributed by atoms with Gasteiger partial charge in [-0.3, -0.25) is 14.2 Å². The van der Waals surface area contributed by atoms with Crippen LogP contribution in [0.25, 0.3) is 20.7 Å². The Hall–Kier alpha value is -2.29. The first-order chi connectivity index (χ1) is 14.2. The van der Waals surface area contributed by atoms with Gasteiger partial charge in [-0.25, -0.2) is 4.98 Å². The van der Waals surface area contributed by atoms with E-state index in [9.17, 15) is 9.59 Å². The molecule has 0 radical (unpaired) electrons. The van der Waals surface area contributed by atoms with Gasteiger partial charge >= 0.3 is 0 Å². The Kier molecular flexibility index (Phi) is 4.85. The summed E-state index contributed by atoms with van der Waals surface area (Å²) in [5.74, 6) is -0.0233. The van der Waals surface area contributed by atoms with Gasteiger partial charge in [-0.2, -0.15) is 0 Å².